The van der Waals surface area contributed by atoms with E-state index < -0.39 is 5.82 Å². The lowest BCUT2D eigenvalue weighted by Crippen LogP contribution is -2.18. The highest BCUT2D eigenvalue weighted by Crippen LogP contribution is 2.18. The molecule has 0 atom stereocenters. The van der Waals surface area contributed by atoms with E-state index in [1.807, 2.05) is 0 Å². The van der Waals surface area contributed by atoms with Crippen molar-refractivity contribution < 1.29 is 13.6 Å². The van der Waals surface area contributed by atoms with Crippen LogP contribution in [0, 0.1) is 11.6 Å². The van der Waals surface area contributed by atoms with Crippen LogP contribution >= 0.6 is 0 Å². The maximum Gasteiger partial charge on any atom is 0.244 e. The number of para-hydroxylation sites is 1. The molecule has 0 aliphatic rings. The summed E-state index contributed by atoms with van der Waals surface area (Å²) >= 11 is 0. The van der Waals surface area contributed by atoms with Crippen LogP contribution in [0.2, 0.25) is 0 Å². The van der Waals surface area contributed by atoms with E-state index in [1.54, 1.807) is 35.0 Å². The molecule has 0 spiro atoms. The molecule has 0 saturated carbocycles. The second kappa shape index (κ2) is 5.36. The number of rotatable bonds is 3. The fourth-order valence-corrected chi connectivity index (χ4v) is 2.20. The molecule has 106 valence electrons. The molecule has 5 heteroatoms. The van der Waals surface area contributed by atoms with Crippen molar-refractivity contribution in [3.63, 3.8) is 0 Å². The zero-order valence-electron chi connectivity index (χ0n) is 11.0. The van der Waals surface area contributed by atoms with Gasteiger partial charge >= 0.3 is 0 Å². The Kier molecular flexibility index (Phi) is 3.39. The van der Waals surface area contributed by atoms with Crippen LogP contribution in [0.1, 0.15) is 0 Å². The van der Waals surface area contributed by atoms with Gasteiger partial charge in [-0.05, 0) is 41.8 Å². The van der Waals surface area contributed by atoms with Gasteiger partial charge in [-0.3, -0.25) is 4.79 Å². The number of nitrogens with one attached hydrogen (secondary N) is 1. The first-order valence-corrected chi connectivity index (χ1v) is 6.42. The molecule has 0 fully saturated rings. The lowest BCUT2D eigenvalue weighted by atomic mass is 10.2. The average Bonchev–Trinajstić information content (AvgIpc) is 2.84. The Morgan fingerprint density at radius 1 is 1.10 bits per heavy atom. The van der Waals surface area contributed by atoms with Gasteiger partial charge in [-0.2, -0.15) is 0 Å². The lowest BCUT2D eigenvalue weighted by molar-refractivity contribution is -0.116. The van der Waals surface area contributed by atoms with E-state index in [0.717, 1.165) is 5.39 Å². The number of amides is 1. The van der Waals surface area contributed by atoms with E-state index in [4.69, 9.17) is 0 Å². The van der Waals surface area contributed by atoms with Crippen molar-refractivity contribution in [3.8, 4) is 0 Å². The van der Waals surface area contributed by atoms with E-state index in [2.05, 4.69) is 5.32 Å². The van der Waals surface area contributed by atoms with E-state index in [1.165, 1.54) is 24.3 Å². The van der Waals surface area contributed by atoms with E-state index in [0.29, 0.717) is 5.52 Å². The molecule has 3 aromatic rings. The Labute approximate surface area is 119 Å². The predicted octanol–water partition coefficient (Wildman–Crippen LogP) is 3.56. The van der Waals surface area contributed by atoms with Gasteiger partial charge in [0.25, 0.3) is 0 Å². The third kappa shape index (κ3) is 2.76. The summed E-state index contributed by atoms with van der Waals surface area (Å²) in [5.74, 6) is -1.23. The maximum atomic E-state index is 13.5. The summed E-state index contributed by atoms with van der Waals surface area (Å²) in [6.45, 7) is -0.0126. The Balaban J connectivity index is 1.80. The van der Waals surface area contributed by atoms with Crippen molar-refractivity contribution in [1.29, 1.82) is 0 Å². The summed E-state index contributed by atoms with van der Waals surface area (Å²) in [5.41, 5.74) is 0.754. The lowest BCUT2D eigenvalue weighted by Gasteiger charge is -2.08. The second-order valence-corrected chi connectivity index (χ2v) is 4.67. The van der Waals surface area contributed by atoms with Crippen molar-refractivity contribution in [1.82, 2.24) is 4.57 Å². The summed E-state index contributed by atoms with van der Waals surface area (Å²) < 4.78 is 28.4. The first-order valence-electron chi connectivity index (χ1n) is 6.42. The first-order chi connectivity index (χ1) is 10.1. The van der Waals surface area contributed by atoms with E-state index in [-0.39, 0.29) is 24.0 Å². The van der Waals surface area contributed by atoms with Crippen molar-refractivity contribution in [2.45, 2.75) is 6.54 Å². The molecule has 0 saturated heterocycles. The highest BCUT2D eigenvalue weighted by atomic mass is 19.1. The Hall–Kier alpha value is -2.69. The van der Waals surface area contributed by atoms with Gasteiger partial charge in [-0.25, -0.2) is 8.78 Å². The highest BCUT2D eigenvalue weighted by molar-refractivity contribution is 5.92. The molecular formula is C16H12F2N2O. The van der Waals surface area contributed by atoms with Gasteiger partial charge in [0.05, 0.1) is 11.2 Å². The number of benzene rings is 2. The Bertz CT molecular complexity index is 811. The summed E-state index contributed by atoms with van der Waals surface area (Å²) in [6.07, 6.45) is 1.70. The number of aromatic nitrogens is 1. The van der Waals surface area contributed by atoms with E-state index >= 15 is 0 Å². The van der Waals surface area contributed by atoms with Crippen LogP contribution in [0.25, 0.3) is 10.9 Å². The average molecular weight is 286 g/mol. The van der Waals surface area contributed by atoms with Crippen molar-refractivity contribution in [2.24, 2.45) is 0 Å². The normalized spacial score (nSPS) is 10.8. The maximum absolute atomic E-state index is 13.5. The molecule has 0 aliphatic carbocycles. The van der Waals surface area contributed by atoms with E-state index in [9.17, 15) is 13.6 Å². The minimum atomic E-state index is -0.491. The van der Waals surface area contributed by atoms with Crippen molar-refractivity contribution in [2.75, 3.05) is 5.32 Å². The molecule has 0 aliphatic heterocycles. The standard InChI is InChI=1S/C16H12F2N2O/c17-12-6-5-11-7-8-20(15(11)9-12)10-16(21)19-14-4-2-1-3-13(14)18/h1-9H,10H2,(H,19,21). The van der Waals surface area contributed by atoms with Crippen LogP contribution in [0.15, 0.2) is 54.7 Å². The van der Waals surface area contributed by atoms with Crippen molar-refractivity contribution in [3.05, 3.63) is 66.4 Å². The highest BCUT2D eigenvalue weighted by Gasteiger charge is 2.09. The zero-order chi connectivity index (χ0) is 14.8. The van der Waals surface area contributed by atoms with Crippen molar-refractivity contribution >= 4 is 22.5 Å². The van der Waals surface area contributed by atoms with Gasteiger partial charge in [0, 0.05) is 6.20 Å². The van der Waals surface area contributed by atoms with Gasteiger partial charge in [-0.1, -0.05) is 12.1 Å². The topological polar surface area (TPSA) is 34.0 Å². The molecule has 0 unspecified atom stereocenters. The molecule has 0 bridgehead atoms. The van der Waals surface area contributed by atoms with Crippen LogP contribution in [0.3, 0.4) is 0 Å². The number of hydrogen-bond donors (Lipinski definition) is 1. The Morgan fingerprint density at radius 2 is 1.90 bits per heavy atom. The molecule has 1 amide bonds. The third-order valence-electron chi connectivity index (χ3n) is 3.20. The monoisotopic (exact) mass is 286 g/mol. The largest absolute Gasteiger partial charge is 0.338 e. The summed E-state index contributed by atoms with van der Waals surface area (Å²) in [5, 5.41) is 3.34. The molecule has 3 nitrogen and oxygen atoms in total. The molecule has 0 radical (unpaired) electrons. The summed E-state index contributed by atoms with van der Waals surface area (Å²) in [7, 11) is 0. The number of anilines is 1. The number of nitrogens with zero attached hydrogens (tertiary/aromatic N) is 1. The number of halogens is 2. The molecule has 1 heterocycles. The third-order valence-corrected chi connectivity index (χ3v) is 3.20. The van der Waals surface area contributed by atoms with Crippen LogP contribution < -0.4 is 5.32 Å². The minimum Gasteiger partial charge on any atom is -0.338 e. The number of carbonyl (C=O) groups excluding carboxylic acids is 1. The van der Waals surface area contributed by atoms with Crippen LogP contribution in [-0.4, -0.2) is 10.5 Å². The second-order valence-electron chi connectivity index (χ2n) is 4.67. The van der Waals surface area contributed by atoms with Crippen LogP contribution in [0.5, 0.6) is 0 Å². The summed E-state index contributed by atoms with van der Waals surface area (Å²) in [6, 6.07) is 12.1. The van der Waals surface area contributed by atoms with Gasteiger partial charge < -0.3 is 9.88 Å². The predicted molar refractivity (Wildman–Crippen MR) is 76.9 cm³/mol. The smallest absolute Gasteiger partial charge is 0.244 e. The Morgan fingerprint density at radius 3 is 2.71 bits per heavy atom. The molecule has 3 rings (SSSR count). The van der Waals surface area contributed by atoms with Gasteiger partial charge in [0.15, 0.2) is 0 Å². The number of hydrogen-bond acceptors (Lipinski definition) is 1. The minimum absolute atomic E-state index is 0.0126. The van der Waals surface area contributed by atoms with Crippen LogP contribution in [0.4, 0.5) is 14.5 Å². The fourth-order valence-electron chi connectivity index (χ4n) is 2.20. The van der Waals surface area contributed by atoms with Gasteiger partial charge in [0.1, 0.15) is 18.2 Å². The first kappa shape index (κ1) is 13.3. The fraction of sp³-hybridized carbons (Fsp3) is 0.0625. The number of carbonyl (C=O) groups is 1. The van der Waals surface area contributed by atoms with Gasteiger partial charge in [-0.15, -0.1) is 0 Å². The summed E-state index contributed by atoms with van der Waals surface area (Å²) in [4.78, 5) is 12.0. The van der Waals surface area contributed by atoms with Gasteiger partial charge in [0.2, 0.25) is 5.91 Å². The molecule has 1 aromatic heterocycles. The molecule has 2 aromatic carbocycles. The quantitative estimate of drug-likeness (QED) is 0.785. The molecular weight excluding hydrogens is 274 g/mol. The zero-order valence-corrected chi connectivity index (χ0v) is 11.0. The van der Waals surface area contributed by atoms with Crippen LogP contribution in [-0.2, 0) is 11.3 Å². The SMILES string of the molecule is O=C(Cn1ccc2ccc(F)cc21)Nc1ccccc1F. The molecule has 1 N–H and O–H groups in total. The number of fused-ring (bicyclic) bond motifs is 1. The molecule has 21 heavy (non-hydrogen) atoms.